The molecule has 0 bridgehead atoms. The number of fused-ring (bicyclic) bond motifs is 1. The number of aliphatic imine (C=N–C) groups is 1. The number of halogens is 1. The summed E-state index contributed by atoms with van der Waals surface area (Å²) in [4.78, 5) is 4.39. The number of nitrogens with one attached hydrogen (secondary N) is 1. The summed E-state index contributed by atoms with van der Waals surface area (Å²) in [7, 11) is 0. The first-order valence-electron chi connectivity index (χ1n) is 8.78. The Morgan fingerprint density at radius 2 is 2.00 bits per heavy atom. The molecule has 2 atom stereocenters. The Balaban J connectivity index is 0.00000288. The van der Waals surface area contributed by atoms with Gasteiger partial charge in [-0.25, -0.2) is 0 Å². The van der Waals surface area contributed by atoms with Crippen molar-refractivity contribution in [3.63, 3.8) is 0 Å². The lowest BCUT2D eigenvalue weighted by atomic mass is 9.96. The quantitative estimate of drug-likeness (QED) is 0.342. The maximum atomic E-state index is 10.8. The number of rotatable bonds is 7. The lowest BCUT2D eigenvalue weighted by Gasteiger charge is -2.22. The molecular weight excluding hydrogens is 413 g/mol. The van der Waals surface area contributed by atoms with Crippen LogP contribution < -0.4 is 11.1 Å². The molecule has 0 aliphatic heterocycles. The molecule has 0 fully saturated rings. The first-order valence-corrected chi connectivity index (χ1v) is 8.78. The minimum Gasteiger partial charge on any atom is -0.383 e. The van der Waals surface area contributed by atoms with Gasteiger partial charge in [-0.2, -0.15) is 0 Å². The van der Waals surface area contributed by atoms with Gasteiger partial charge in [-0.3, -0.25) is 4.99 Å². The molecule has 0 spiro atoms. The molecule has 5 heteroatoms. The van der Waals surface area contributed by atoms with E-state index in [1.165, 1.54) is 18.4 Å². The predicted molar refractivity (Wildman–Crippen MR) is 112 cm³/mol. The van der Waals surface area contributed by atoms with Crippen LogP contribution in [0.3, 0.4) is 0 Å². The predicted octanol–water partition coefficient (Wildman–Crippen LogP) is 3.56. The van der Waals surface area contributed by atoms with Gasteiger partial charge in [-0.05, 0) is 43.2 Å². The molecule has 24 heavy (non-hydrogen) atoms. The van der Waals surface area contributed by atoms with Crippen molar-refractivity contribution in [1.29, 1.82) is 0 Å². The van der Waals surface area contributed by atoms with Crippen molar-refractivity contribution in [2.75, 3.05) is 6.54 Å². The van der Waals surface area contributed by atoms with E-state index in [0.717, 1.165) is 24.3 Å². The van der Waals surface area contributed by atoms with Gasteiger partial charge < -0.3 is 16.2 Å². The van der Waals surface area contributed by atoms with E-state index >= 15 is 0 Å². The zero-order valence-corrected chi connectivity index (χ0v) is 17.4. The van der Waals surface area contributed by atoms with Crippen molar-refractivity contribution < 1.29 is 5.11 Å². The van der Waals surface area contributed by atoms with Crippen LogP contribution >= 0.6 is 24.0 Å². The van der Waals surface area contributed by atoms with Crippen LogP contribution in [0.4, 0.5) is 0 Å². The Kier molecular flexibility index (Phi) is 8.50. The topological polar surface area (TPSA) is 70.6 Å². The van der Waals surface area contributed by atoms with Gasteiger partial charge >= 0.3 is 0 Å². The van der Waals surface area contributed by atoms with Crippen molar-refractivity contribution in [3.05, 3.63) is 35.4 Å². The van der Waals surface area contributed by atoms with Crippen molar-refractivity contribution in [3.8, 4) is 0 Å². The summed E-state index contributed by atoms with van der Waals surface area (Å²) in [5.74, 6) is 1.17. The Morgan fingerprint density at radius 3 is 2.71 bits per heavy atom. The van der Waals surface area contributed by atoms with Crippen molar-refractivity contribution in [2.24, 2.45) is 16.6 Å². The molecule has 1 aliphatic rings. The molecule has 0 aromatic heterocycles. The molecule has 0 radical (unpaired) electrons. The van der Waals surface area contributed by atoms with E-state index in [2.05, 4.69) is 37.1 Å². The van der Waals surface area contributed by atoms with Crippen LogP contribution in [0.1, 0.15) is 57.6 Å². The van der Waals surface area contributed by atoms with Gasteiger partial charge in [-0.15, -0.1) is 24.0 Å². The van der Waals surface area contributed by atoms with E-state index in [-0.39, 0.29) is 24.0 Å². The number of benzene rings is 1. The molecule has 2 unspecified atom stereocenters. The van der Waals surface area contributed by atoms with E-state index < -0.39 is 5.60 Å². The van der Waals surface area contributed by atoms with E-state index in [1.54, 1.807) is 0 Å². The third-order valence-corrected chi connectivity index (χ3v) is 4.65. The lowest BCUT2D eigenvalue weighted by molar-refractivity contribution is 0.0485. The average Bonchev–Trinajstić information content (AvgIpc) is 2.83. The molecule has 0 heterocycles. The highest BCUT2D eigenvalue weighted by molar-refractivity contribution is 14.0. The highest BCUT2D eigenvalue weighted by atomic mass is 127. The second-order valence-corrected chi connectivity index (χ2v) is 7.26. The monoisotopic (exact) mass is 445 g/mol. The molecule has 0 saturated heterocycles. The fourth-order valence-corrected chi connectivity index (χ4v) is 3.25. The molecule has 2 rings (SSSR count). The third-order valence-electron chi connectivity index (χ3n) is 4.65. The number of aliphatic hydroxyl groups is 1. The Bertz CT molecular complexity index is 547. The van der Waals surface area contributed by atoms with E-state index in [4.69, 9.17) is 5.73 Å². The second kappa shape index (κ2) is 9.61. The molecule has 4 nitrogen and oxygen atoms in total. The number of nitrogens with zero attached hydrogens (tertiary/aromatic N) is 1. The van der Waals surface area contributed by atoms with Gasteiger partial charge in [0, 0.05) is 6.04 Å². The zero-order chi connectivity index (χ0) is 16.9. The minimum absolute atomic E-state index is 0. The standard InChI is InChI=1S/C19H31N3O.HI/c1-14(2)7-6-8-15(3)22-18(20)21-13-19(23)12-11-16-9-4-5-10-17(16)19;/h4-5,9-10,14-15,23H,6-8,11-13H2,1-3H3,(H3,20,21,22);1H. The van der Waals surface area contributed by atoms with Crippen LogP contribution in [0, 0.1) is 5.92 Å². The third kappa shape index (κ3) is 5.92. The first-order chi connectivity index (χ1) is 10.9. The normalized spacial score (nSPS) is 21.3. The molecule has 1 aliphatic carbocycles. The van der Waals surface area contributed by atoms with E-state index in [9.17, 15) is 5.11 Å². The van der Waals surface area contributed by atoms with Crippen LogP contribution in [0.5, 0.6) is 0 Å². The van der Waals surface area contributed by atoms with Crippen molar-refractivity contribution >= 4 is 29.9 Å². The molecule has 1 aromatic rings. The minimum atomic E-state index is -0.871. The van der Waals surface area contributed by atoms with Crippen molar-refractivity contribution in [1.82, 2.24) is 5.32 Å². The summed E-state index contributed by atoms with van der Waals surface area (Å²) in [5.41, 5.74) is 7.34. The number of aryl methyl sites for hydroxylation is 1. The second-order valence-electron chi connectivity index (χ2n) is 7.26. The summed E-state index contributed by atoms with van der Waals surface area (Å²) in [5, 5.41) is 14.1. The van der Waals surface area contributed by atoms with Gasteiger partial charge in [0.2, 0.25) is 0 Å². The van der Waals surface area contributed by atoms with Crippen LogP contribution in [-0.4, -0.2) is 23.7 Å². The Labute approximate surface area is 163 Å². The summed E-state index contributed by atoms with van der Waals surface area (Å²) in [6.07, 6.45) is 5.13. The van der Waals surface area contributed by atoms with Crippen molar-refractivity contribution in [2.45, 2.75) is 64.5 Å². The molecule has 4 N–H and O–H groups in total. The molecule has 0 amide bonds. The maximum Gasteiger partial charge on any atom is 0.188 e. The number of guanidine groups is 1. The highest BCUT2D eigenvalue weighted by Crippen LogP contribution is 2.36. The molecular formula is C19H32IN3O. The van der Waals surface area contributed by atoms with Crippen LogP contribution in [0.25, 0.3) is 0 Å². The van der Waals surface area contributed by atoms with E-state index in [0.29, 0.717) is 25.0 Å². The van der Waals surface area contributed by atoms with Crippen LogP contribution in [0.2, 0.25) is 0 Å². The zero-order valence-electron chi connectivity index (χ0n) is 15.1. The van der Waals surface area contributed by atoms with Gasteiger partial charge in [0.25, 0.3) is 0 Å². The number of nitrogens with two attached hydrogens (primary N) is 1. The number of hydrogen-bond acceptors (Lipinski definition) is 2. The summed E-state index contributed by atoms with van der Waals surface area (Å²) in [6, 6.07) is 8.37. The fraction of sp³-hybridized carbons (Fsp3) is 0.632. The average molecular weight is 445 g/mol. The Hall–Kier alpha value is -0.820. The lowest BCUT2D eigenvalue weighted by Crippen LogP contribution is -2.39. The van der Waals surface area contributed by atoms with Crippen LogP contribution in [0.15, 0.2) is 29.3 Å². The van der Waals surface area contributed by atoms with Gasteiger partial charge in [0.15, 0.2) is 5.96 Å². The molecule has 0 saturated carbocycles. The number of hydrogen-bond donors (Lipinski definition) is 3. The fourth-order valence-electron chi connectivity index (χ4n) is 3.25. The Morgan fingerprint density at radius 1 is 1.29 bits per heavy atom. The first kappa shape index (κ1) is 21.2. The summed E-state index contributed by atoms with van der Waals surface area (Å²) >= 11 is 0. The van der Waals surface area contributed by atoms with Crippen LogP contribution in [-0.2, 0) is 12.0 Å². The molecule has 136 valence electrons. The van der Waals surface area contributed by atoms with Gasteiger partial charge in [0.1, 0.15) is 5.60 Å². The maximum absolute atomic E-state index is 10.8. The largest absolute Gasteiger partial charge is 0.383 e. The van der Waals surface area contributed by atoms with Gasteiger partial charge in [-0.1, -0.05) is 51.0 Å². The SMILES string of the molecule is CC(C)CCCC(C)NC(N)=NCC1(O)CCc2ccccc21.I. The summed E-state index contributed by atoms with van der Waals surface area (Å²) < 4.78 is 0. The van der Waals surface area contributed by atoms with E-state index in [1.807, 2.05) is 18.2 Å². The van der Waals surface area contributed by atoms with Gasteiger partial charge in [0.05, 0.1) is 6.54 Å². The smallest absolute Gasteiger partial charge is 0.188 e. The molecule has 1 aromatic carbocycles. The highest BCUT2D eigenvalue weighted by Gasteiger charge is 2.36. The summed E-state index contributed by atoms with van der Waals surface area (Å²) in [6.45, 7) is 6.94.